The Kier molecular flexibility index (Phi) is 4.08. The van der Waals surface area contributed by atoms with E-state index in [0.29, 0.717) is 5.92 Å². The molecule has 1 heterocycles. The SMILES string of the molecule is Cc1[nH]c2cc3c(cc2c1CC(N)C(C)C)CCCCC3. The third-order valence-electron chi connectivity index (χ3n) is 5.13. The number of aromatic nitrogens is 1. The van der Waals surface area contributed by atoms with E-state index in [9.17, 15) is 0 Å². The molecule has 2 heteroatoms. The molecule has 2 aromatic rings. The van der Waals surface area contributed by atoms with E-state index in [1.165, 1.54) is 54.3 Å². The zero-order chi connectivity index (χ0) is 15.0. The van der Waals surface area contributed by atoms with Crippen LogP contribution in [0.15, 0.2) is 12.1 Å². The highest BCUT2D eigenvalue weighted by atomic mass is 14.7. The minimum absolute atomic E-state index is 0.238. The van der Waals surface area contributed by atoms with Crippen LogP contribution in [0.5, 0.6) is 0 Å². The lowest BCUT2D eigenvalue weighted by Crippen LogP contribution is -2.28. The van der Waals surface area contributed by atoms with Gasteiger partial charge in [0, 0.05) is 22.6 Å². The van der Waals surface area contributed by atoms with E-state index < -0.39 is 0 Å². The summed E-state index contributed by atoms with van der Waals surface area (Å²) in [6.07, 6.45) is 7.50. The van der Waals surface area contributed by atoms with Gasteiger partial charge >= 0.3 is 0 Å². The topological polar surface area (TPSA) is 41.8 Å². The Morgan fingerprint density at radius 1 is 1.10 bits per heavy atom. The molecule has 21 heavy (non-hydrogen) atoms. The van der Waals surface area contributed by atoms with Crippen molar-refractivity contribution in [3.63, 3.8) is 0 Å². The molecule has 1 aromatic heterocycles. The van der Waals surface area contributed by atoms with Gasteiger partial charge in [0.05, 0.1) is 0 Å². The Bertz CT molecular complexity index is 637. The quantitative estimate of drug-likeness (QED) is 0.812. The second kappa shape index (κ2) is 5.84. The van der Waals surface area contributed by atoms with Gasteiger partial charge in [-0.15, -0.1) is 0 Å². The second-order valence-electron chi connectivity index (χ2n) is 7.07. The molecule has 0 saturated heterocycles. The molecular formula is C19H28N2. The summed E-state index contributed by atoms with van der Waals surface area (Å²) in [5.41, 5.74) is 13.5. The Balaban J connectivity index is 2.04. The van der Waals surface area contributed by atoms with Crippen LogP contribution in [0.1, 0.15) is 55.5 Å². The number of nitrogens with two attached hydrogens (primary N) is 1. The molecule has 0 fully saturated rings. The van der Waals surface area contributed by atoms with E-state index in [2.05, 4.69) is 37.9 Å². The van der Waals surface area contributed by atoms with E-state index in [4.69, 9.17) is 5.73 Å². The van der Waals surface area contributed by atoms with Gasteiger partial charge in [-0.25, -0.2) is 0 Å². The Morgan fingerprint density at radius 2 is 1.76 bits per heavy atom. The molecule has 0 radical (unpaired) electrons. The smallest absolute Gasteiger partial charge is 0.0461 e. The first kappa shape index (κ1) is 14.6. The van der Waals surface area contributed by atoms with Crippen LogP contribution in [0.2, 0.25) is 0 Å². The van der Waals surface area contributed by atoms with Gasteiger partial charge in [-0.1, -0.05) is 20.3 Å². The molecule has 0 amide bonds. The number of fused-ring (bicyclic) bond motifs is 2. The van der Waals surface area contributed by atoms with E-state index >= 15 is 0 Å². The molecule has 0 bridgehead atoms. The van der Waals surface area contributed by atoms with Crippen LogP contribution in [-0.2, 0) is 19.3 Å². The van der Waals surface area contributed by atoms with Crippen molar-refractivity contribution in [1.29, 1.82) is 0 Å². The van der Waals surface area contributed by atoms with Crippen LogP contribution in [0.25, 0.3) is 10.9 Å². The number of hydrogen-bond donors (Lipinski definition) is 2. The number of benzene rings is 1. The van der Waals surface area contributed by atoms with Crippen LogP contribution in [0, 0.1) is 12.8 Å². The zero-order valence-corrected chi connectivity index (χ0v) is 13.6. The second-order valence-corrected chi connectivity index (χ2v) is 7.07. The number of rotatable bonds is 3. The molecular weight excluding hydrogens is 256 g/mol. The molecule has 1 aliphatic rings. The van der Waals surface area contributed by atoms with Gasteiger partial charge in [-0.05, 0) is 73.8 Å². The van der Waals surface area contributed by atoms with E-state index in [-0.39, 0.29) is 6.04 Å². The minimum Gasteiger partial charge on any atom is -0.358 e. The maximum atomic E-state index is 6.32. The van der Waals surface area contributed by atoms with Gasteiger partial charge in [0.15, 0.2) is 0 Å². The molecule has 1 atom stereocenters. The van der Waals surface area contributed by atoms with Crippen molar-refractivity contribution in [1.82, 2.24) is 4.98 Å². The zero-order valence-electron chi connectivity index (χ0n) is 13.6. The van der Waals surface area contributed by atoms with Crippen molar-refractivity contribution >= 4 is 10.9 Å². The summed E-state index contributed by atoms with van der Waals surface area (Å²) in [4.78, 5) is 3.59. The fraction of sp³-hybridized carbons (Fsp3) is 0.579. The maximum Gasteiger partial charge on any atom is 0.0461 e. The highest BCUT2D eigenvalue weighted by Gasteiger charge is 2.17. The number of hydrogen-bond acceptors (Lipinski definition) is 1. The summed E-state index contributed by atoms with van der Waals surface area (Å²) < 4.78 is 0. The van der Waals surface area contributed by atoms with Crippen LogP contribution in [-0.4, -0.2) is 11.0 Å². The normalized spacial score (nSPS) is 17.0. The molecule has 1 unspecified atom stereocenters. The van der Waals surface area contributed by atoms with Gasteiger partial charge in [0.2, 0.25) is 0 Å². The minimum atomic E-state index is 0.238. The number of nitrogens with one attached hydrogen (secondary N) is 1. The molecule has 1 aromatic carbocycles. The molecule has 3 N–H and O–H groups in total. The first-order valence-electron chi connectivity index (χ1n) is 8.44. The lowest BCUT2D eigenvalue weighted by Gasteiger charge is -2.16. The third-order valence-corrected chi connectivity index (χ3v) is 5.13. The van der Waals surface area contributed by atoms with Gasteiger partial charge in [0.25, 0.3) is 0 Å². The summed E-state index contributed by atoms with van der Waals surface area (Å²) >= 11 is 0. The van der Waals surface area contributed by atoms with Gasteiger partial charge in [0.1, 0.15) is 0 Å². The molecule has 2 nitrogen and oxygen atoms in total. The largest absolute Gasteiger partial charge is 0.358 e. The van der Waals surface area contributed by atoms with Crippen LogP contribution in [0.4, 0.5) is 0 Å². The highest BCUT2D eigenvalue weighted by Crippen LogP contribution is 2.30. The fourth-order valence-electron chi connectivity index (χ4n) is 3.53. The van der Waals surface area contributed by atoms with Gasteiger partial charge in [-0.3, -0.25) is 0 Å². The Morgan fingerprint density at radius 3 is 2.43 bits per heavy atom. The molecule has 3 rings (SSSR count). The van der Waals surface area contributed by atoms with Crippen LogP contribution < -0.4 is 5.73 Å². The summed E-state index contributed by atoms with van der Waals surface area (Å²) in [6, 6.07) is 5.08. The van der Waals surface area contributed by atoms with Crippen molar-refractivity contribution in [2.75, 3.05) is 0 Å². The maximum absolute atomic E-state index is 6.32. The van der Waals surface area contributed by atoms with Gasteiger partial charge < -0.3 is 10.7 Å². The summed E-state index contributed by atoms with van der Waals surface area (Å²) in [5, 5.41) is 1.41. The highest BCUT2D eigenvalue weighted by molar-refractivity contribution is 5.86. The lowest BCUT2D eigenvalue weighted by molar-refractivity contribution is 0.491. The average molecular weight is 284 g/mol. The van der Waals surface area contributed by atoms with Crippen molar-refractivity contribution < 1.29 is 0 Å². The lowest BCUT2D eigenvalue weighted by atomic mass is 9.93. The summed E-state index contributed by atoms with van der Waals surface area (Å²) in [6.45, 7) is 6.61. The number of aromatic amines is 1. The van der Waals surface area contributed by atoms with Crippen LogP contribution in [0.3, 0.4) is 0 Å². The third kappa shape index (κ3) is 2.87. The first-order valence-corrected chi connectivity index (χ1v) is 8.44. The van der Waals surface area contributed by atoms with E-state index in [1.54, 1.807) is 11.1 Å². The van der Waals surface area contributed by atoms with E-state index in [0.717, 1.165) is 6.42 Å². The predicted octanol–water partition coefficient (Wildman–Crippen LogP) is 4.27. The van der Waals surface area contributed by atoms with Crippen molar-refractivity contribution in [3.8, 4) is 0 Å². The van der Waals surface area contributed by atoms with Crippen LogP contribution >= 0.6 is 0 Å². The van der Waals surface area contributed by atoms with Crippen molar-refractivity contribution in [2.24, 2.45) is 11.7 Å². The molecule has 0 saturated carbocycles. The molecule has 0 spiro atoms. The average Bonchev–Trinajstić information content (AvgIpc) is 2.63. The number of H-pyrrole nitrogens is 1. The van der Waals surface area contributed by atoms with E-state index in [1.807, 2.05) is 0 Å². The predicted molar refractivity (Wildman–Crippen MR) is 90.8 cm³/mol. The molecule has 114 valence electrons. The molecule has 1 aliphatic carbocycles. The molecule has 0 aliphatic heterocycles. The Labute approximate surface area is 128 Å². The van der Waals surface area contributed by atoms with Gasteiger partial charge in [-0.2, -0.15) is 0 Å². The fourth-order valence-corrected chi connectivity index (χ4v) is 3.53. The summed E-state index contributed by atoms with van der Waals surface area (Å²) in [7, 11) is 0. The first-order chi connectivity index (χ1) is 10.1. The Hall–Kier alpha value is -1.28. The number of aryl methyl sites for hydroxylation is 3. The van der Waals surface area contributed by atoms with Crippen molar-refractivity contribution in [3.05, 3.63) is 34.5 Å². The van der Waals surface area contributed by atoms with Crippen molar-refractivity contribution in [2.45, 2.75) is 65.3 Å². The summed E-state index contributed by atoms with van der Waals surface area (Å²) in [5.74, 6) is 0.523. The monoisotopic (exact) mass is 284 g/mol. The standard InChI is InChI=1S/C19H28N2/c1-12(2)18(20)11-16-13(3)21-19-10-15-8-6-4-5-7-14(15)9-17(16)19/h9-10,12,18,21H,4-8,11,20H2,1-3H3.